The second-order valence-corrected chi connectivity index (χ2v) is 5.35. The van der Waals surface area contributed by atoms with Gasteiger partial charge in [-0.15, -0.1) is 0 Å². The average molecular weight is 286 g/mol. The first-order chi connectivity index (χ1) is 8.32. The highest BCUT2D eigenvalue weighted by atomic mass is 31.2. The third kappa shape index (κ3) is 3.70. The summed E-state index contributed by atoms with van der Waals surface area (Å²) in [6.07, 6.45) is -3.76. The van der Waals surface area contributed by atoms with Crippen LogP contribution in [0.1, 0.15) is 6.92 Å². The molecule has 0 aliphatic carbocycles. The average Bonchev–Trinajstić information content (AvgIpc) is 2.33. The lowest BCUT2D eigenvalue weighted by molar-refractivity contribution is -0.277. The van der Waals surface area contributed by atoms with Crippen molar-refractivity contribution < 1.29 is 33.5 Å². The van der Waals surface area contributed by atoms with Crippen LogP contribution in [0.2, 0.25) is 0 Å². The Morgan fingerprint density at radius 3 is 2.56 bits per heavy atom. The van der Waals surface area contributed by atoms with Crippen LogP contribution in [0, 0.1) is 0 Å². The molecule has 5 unspecified atom stereocenters. The van der Waals surface area contributed by atoms with Crippen LogP contribution < -0.4 is 5.43 Å². The fourth-order valence-corrected chi connectivity index (χ4v) is 2.03. The number of nitrogens with zero attached hydrogens (tertiary/aromatic N) is 1. The van der Waals surface area contributed by atoms with Gasteiger partial charge in [-0.2, -0.15) is 5.01 Å². The Morgan fingerprint density at radius 1 is 1.44 bits per heavy atom. The van der Waals surface area contributed by atoms with Crippen molar-refractivity contribution in [2.45, 2.75) is 31.6 Å². The molecule has 0 saturated carbocycles. The molecule has 1 aliphatic rings. The second-order valence-electron chi connectivity index (χ2n) is 3.78. The minimum Gasteiger partial charge on any atom is -0.374 e. The van der Waals surface area contributed by atoms with Crippen molar-refractivity contribution in [3.8, 4) is 0 Å². The van der Waals surface area contributed by atoms with Gasteiger partial charge in [-0.25, -0.2) is 4.57 Å². The van der Waals surface area contributed by atoms with E-state index in [2.05, 4.69) is 14.5 Å². The molecule has 1 heterocycles. The van der Waals surface area contributed by atoms with Crippen molar-refractivity contribution in [1.82, 2.24) is 10.4 Å². The first-order valence-corrected chi connectivity index (χ1v) is 6.82. The lowest BCUT2D eigenvalue weighted by Gasteiger charge is -2.43. The number of phosphoric ester groups is 1. The van der Waals surface area contributed by atoms with Crippen LogP contribution >= 0.6 is 7.82 Å². The molecular formula is C8H19N2O7P. The molecule has 0 aromatic carbocycles. The first-order valence-electron chi connectivity index (χ1n) is 5.32. The number of hydrazine groups is 1. The summed E-state index contributed by atoms with van der Waals surface area (Å²) in [6.45, 7) is 1.25. The summed E-state index contributed by atoms with van der Waals surface area (Å²) in [7, 11) is -1.57. The van der Waals surface area contributed by atoms with E-state index in [0.29, 0.717) is 0 Å². The zero-order valence-corrected chi connectivity index (χ0v) is 11.3. The molecule has 5 atom stereocenters. The summed E-state index contributed by atoms with van der Waals surface area (Å²) in [5.74, 6) is 0. The van der Waals surface area contributed by atoms with Gasteiger partial charge in [0.2, 0.25) is 0 Å². The normalized spacial score (nSPS) is 37.4. The van der Waals surface area contributed by atoms with Gasteiger partial charge in [0.15, 0.2) is 6.23 Å². The molecule has 0 bridgehead atoms. The van der Waals surface area contributed by atoms with Crippen molar-refractivity contribution >= 4 is 7.82 Å². The van der Waals surface area contributed by atoms with E-state index in [1.807, 2.05) is 0 Å². The van der Waals surface area contributed by atoms with Gasteiger partial charge >= 0.3 is 7.82 Å². The van der Waals surface area contributed by atoms with E-state index in [1.54, 1.807) is 6.92 Å². The van der Waals surface area contributed by atoms with E-state index < -0.39 is 32.5 Å². The van der Waals surface area contributed by atoms with Crippen molar-refractivity contribution in [2.75, 3.05) is 20.8 Å². The molecular weight excluding hydrogens is 267 g/mol. The molecule has 0 radical (unpaired) electrons. The zero-order chi connectivity index (χ0) is 13.9. The monoisotopic (exact) mass is 286 g/mol. The summed E-state index contributed by atoms with van der Waals surface area (Å²) >= 11 is 0. The van der Waals surface area contributed by atoms with Crippen LogP contribution in [0.25, 0.3) is 0 Å². The Bertz CT molecular complexity index is 318. The Morgan fingerprint density at radius 2 is 2.06 bits per heavy atom. The molecule has 0 spiro atoms. The van der Waals surface area contributed by atoms with Gasteiger partial charge < -0.3 is 19.8 Å². The number of rotatable bonds is 5. The van der Waals surface area contributed by atoms with Crippen molar-refractivity contribution in [3.63, 3.8) is 0 Å². The zero-order valence-electron chi connectivity index (χ0n) is 10.4. The third-order valence-corrected chi connectivity index (χ3v) is 3.54. The molecule has 4 N–H and O–H groups in total. The van der Waals surface area contributed by atoms with Crippen LogP contribution in [0.4, 0.5) is 0 Å². The molecule has 10 heteroatoms. The van der Waals surface area contributed by atoms with Gasteiger partial charge in [-0.1, -0.05) is 0 Å². The van der Waals surface area contributed by atoms with Crippen molar-refractivity contribution in [1.29, 1.82) is 0 Å². The Hall–Kier alpha value is -0.0900. The Balaban J connectivity index is 2.63. The Labute approximate surface area is 105 Å². The quantitative estimate of drug-likeness (QED) is 0.452. The maximum Gasteiger partial charge on any atom is 0.472 e. The van der Waals surface area contributed by atoms with Crippen LogP contribution in [0.3, 0.4) is 0 Å². The van der Waals surface area contributed by atoms with E-state index >= 15 is 0 Å². The van der Waals surface area contributed by atoms with Gasteiger partial charge in [0.1, 0.15) is 12.3 Å². The lowest BCUT2D eigenvalue weighted by Crippen LogP contribution is -2.64. The summed E-state index contributed by atoms with van der Waals surface area (Å²) in [6, 6.07) is 0. The van der Waals surface area contributed by atoms with Gasteiger partial charge in [0.05, 0.1) is 12.7 Å². The van der Waals surface area contributed by atoms with E-state index in [4.69, 9.17) is 9.63 Å². The predicted molar refractivity (Wildman–Crippen MR) is 60.0 cm³/mol. The molecule has 0 amide bonds. The van der Waals surface area contributed by atoms with Crippen molar-refractivity contribution in [2.24, 2.45) is 0 Å². The highest BCUT2D eigenvalue weighted by Crippen LogP contribution is 2.42. The molecule has 1 fully saturated rings. The van der Waals surface area contributed by atoms with E-state index in [9.17, 15) is 14.8 Å². The van der Waals surface area contributed by atoms with Gasteiger partial charge in [-0.3, -0.25) is 14.5 Å². The van der Waals surface area contributed by atoms with E-state index in [1.165, 1.54) is 7.05 Å². The molecule has 18 heavy (non-hydrogen) atoms. The van der Waals surface area contributed by atoms with E-state index in [-0.39, 0.29) is 6.61 Å². The molecule has 108 valence electrons. The smallest absolute Gasteiger partial charge is 0.374 e. The molecule has 0 aromatic rings. The number of morpholine rings is 1. The van der Waals surface area contributed by atoms with Crippen LogP contribution in [-0.4, -0.2) is 65.5 Å². The molecule has 9 nitrogen and oxygen atoms in total. The lowest BCUT2D eigenvalue weighted by atomic mass is 10.2. The molecule has 1 saturated heterocycles. The number of ether oxygens (including phenoxy) is 1. The fraction of sp³-hybridized carbons (Fsp3) is 1.00. The van der Waals surface area contributed by atoms with E-state index in [0.717, 1.165) is 12.1 Å². The number of hydrogen-bond acceptors (Lipinski definition) is 8. The number of nitrogens with one attached hydrogen (secondary N) is 1. The number of aliphatic hydroxyl groups excluding tert-OH is 2. The fourth-order valence-electron chi connectivity index (χ4n) is 1.59. The second kappa shape index (κ2) is 6.38. The highest BCUT2D eigenvalue weighted by Gasteiger charge is 2.41. The highest BCUT2D eigenvalue weighted by molar-refractivity contribution is 7.47. The van der Waals surface area contributed by atoms with Crippen LogP contribution in [0.15, 0.2) is 0 Å². The molecule has 1 rings (SSSR count). The van der Waals surface area contributed by atoms with Gasteiger partial charge in [0, 0.05) is 7.11 Å². The maximum absolute atomic E-state index is 11.1. The molecule has 0 aromatic heterocycles. The topological polar surface area (TPSA) is 121 Å². The predicted octanol–water partition coefficient (Wildman–Crippen LogP) is -1.39. The summed E-state index contributed by atoms with van der Waals surface area (Å²) < 4.78 is 25.3. The summed E-state index contributed by atoms with van der Waals surface area (Å²) in [4.78, 5) is 9.08. The van der Waals surface area contributed by atoms with Gasteiger partial charge in [-0.05, 0) is 14.0 Å². The number of phosphoric acid groups is 1. The minimum atomic E-state index is -4.12. The molecule has 1 aliphatic heterocycles. The number of aliphatic hydroxyl groups is 2. The maximum atomic E-state index is 11.1. The Kier molecular flexibility index (Phi) is 5.66. The van der Waals surface area contributed by atoms with Gasteiger partial charge in [0.25, 0.3) is 0 Å². The largest absolute Gasteiger partial charge is 0.472 e. The number of hydrogen-bond donors (Lipinski definition) is 4. The third-order valence-electron chi connectivity index (χ3n) is 2.60. The van der Waals surface area contributed by atoms with Crippen LogP contribution in [-0.2, 0) is 18.3 Å². The minimum absolute atomic E-state index is 0.349. The standard InChI is InChI=1S/C8H19N2O7P/c1-5-7(11)10(9-2)8(12)6(17-5)4-16-18(13,14)15-3/h5-9,11-12H,4H2,1-3H3,(H,13,14). The SMILES string of the molecule is CNN1C(O)C(C)OC(COP(=O)(O)OC)C1O. The summed E-state index contributed by atoms with van der Waals surface area (Å²) in [5, 5.41) is 20.7. The first kappa shape index (κ1) is 16.0. The van der Waals surface area contributed by atoms with Crippen LogP contribution in [0.5, 0.6) is 0 Å². The summed E-state index contributed by atoms with van der Waals surface area (Å²) in [5.41, 5.74) is 2.61. The van der Waals surface area contributed by atoms with Crippen molar-refractivity contribution in [3.05, 3.63) is 0 Å².